The summed E-state index contributed by atoms with van der Waals surface area (Å²) in [7, 11) is 1.85. The van der Waals surface area contributed by atoms with E-state index in [1.807, 2.05) is 14.0 Å². The summed E-state index contributed by atoms with van der Waals surface area (Å²) in [5, 5.41) is 10.2. The van der Waals surface area contributed by atoms with Crippen molar-refractivity contribution >= 4 is 5.78 Å². The Morgan fingerprint density at radius 2 is 2.00 bits per heavy atom. The van der Waals surface area contributed by atoms with Gasteiger partial charge in [-0.15, -0.1) is 6.58 Å². The molecule has 4 fully saturated rings. The summed E-state index contributed by atoms with van der Waals surface area (Å²) in [6.45, 7) is 8.36. The van der Waals surface area contributed by atoms with E-state index in [1.54, 1.807) is 0 Å². The van der Waals surface area contributed by atoms with Crippen LogP contribution in [0.1, 0.15) is 65.2 Å². The minimum Gasteiger partial charge on any atom is -0.393 e. The van der Waals surface area contributed by atoms with Gasteiger partial charge >= 0.3 is 0 Å². The van der Waals surface area contributed by atoms with Crippen LogP contribution >= 0.6 is 0 Å². The lowest BCUT2D eigenvalue weighted by molar-refractivity contribution is -0.189. The largest absolute Gasteiger partial charge is 0.393 e. The lowest BCUT2D eigenvalue weighted by atomic mass is 9.43. The van der Waals surface area contributed by atoms with E-state index in [-0.39, 0.29) is 23.0 Å². The molecular weight excluding hydrogens is 324 g/mol. The summed E-state index contributed by atoms with van der Waals surface area (Å²) in [5.74, 6) is 2.87. The number of hydrogen-bond acceptors (Lipinski definition) is 3. The van der Waals surface area contributed by atoms with Crippen LogP contribution in [-0.2, 0) is 9.53 Å². The second-order valence-corrected chi connectivity index (χ2v) is 10.00. The lowest BCUT2D eigenvalue weighted by Gasteiger charge is -2.62. The van der Waals surface area contributed by atoms with Crippen molar-refractivity contribution in [1.29, 1.82) is 0 Å². The molecule has 0 bridgehead atoms. The highest BCUT2D eigenvalue weighted by Gasteiger charge is 2.65. The fourth-order valence-corrected chi connectivity index (χ4v) is 8.23. The predicted octanol–water partition coefficient (Wildman–Crippen LogP) is 4.39. The summed E-state index contributed by atoms with van der Waals surface area (Å²) < 4.78 is 6.13. The van der Waals surface area contributed by atoms with E-state index in [4.69, 9.17) is 4.74 Å². The summed E-state index contributed by atoms with van der Waals surface area (Å²) >= 11 is 0. The Morgan fingerprint density at radius 1 is 1.23 bits per heavy atom. The second-order valence-electron chi connectivity index (χ2n) is 10.00. The van der Waals surface area contributed by atoms with E-state index in [9.17, 15) is 9.90 Å². The predicted molar refractivity (Wildman–Crippen MR) is 103 cm³/mol. The van der Waals surface area contributed by atoms with Crippen LogP contribution in [0.2, 0.25) is 0 Å². The fraction of sp³-hybridized carbons (Fsp3) is 0.870. The SMILES string of the molecule is C=C[C@H]1CC[C@H]2[C@@H]3CC[C@H]4C[C@H](O)CC[C@]4(C)[C@H]3[C@@H](OC)C[C@]12C(C)=O. The van der Waals surface area contributed by atoms with Crippen LogP contribution in [0.4, 0.5) is 0 Å². The van der Waals surface area contributed by atoms with Crippen LogP contribution in [0.3, 0.4) is 0 Å². The van der Waals surface area contributed by atoms with Gasteiger partial charge in [-0.2, -0.15) is 0 Å². The van der Waals surface area contributed by atoms with E-state index in [2.05, 4.69) is 19.6 Å². The van der Waals surface area contributed by atoms with Gasteiger partial charge in [0, 0.05) is 12.5 Å². The third-order valence-corrected chi connectivity index (χ3v) is 9.39. The minimum absolute atomic E-state index is 0.123. The van der Waals surface area contributed by atoms with Gasteiger partial charge in [-0.05, 0) is 93.3 Å². The van der Waals surface area contributed by atoms with Crippen LogP contribution in [0.25, 0.3) is 0 Å². The van der Waals surface area contributed by atoms with Crippen LogP contribution in [-0.4, -0.2) is 30.2 Å². The number of Topliss-reactive ketones (excluding diaryl/α,β-unsaturated/α-hetero) is 1. The second kappa shape index (κ2) is 6.44. The Morgan fingerprint density at radius 3 is 2.65 bits per heavy atom. The average molecular weight is 361 g/mol. The van der Waals surface area contributed by atoms with Crippen molar-refractivity contribution in [3.8, 4) is 0 Å². The van der Waals surface area contributed by atoms with Gasteiger partial charge in [-0.25, -0.2) is 0 Å². The van der Waals surface area contributed by atoms with Gasteiger partial charge in [0.25, 0.3) is 0 Å². The van der Waals surface area contributed by atoms with Crippen molar-refractivity contribution in [2.45, 2.75) is 77.4 Å². The molecule has 0 aromatic heterocycles. The zero-order chi connectivity index (χ0) is 18.7. The van der Waals surface area contributed by atoms with Gasteiger partial charge in [-0.3, -0.25) is 4.79 Å². The molecule has 0 heterocycles. The number of carbonyl (C=O) groups is 1. The van der Waals surface area contributed by atoms with Crippen LogP contribution in [0.5, 0.6) is 0 Å². The van der Waals surface area contributed by atoms with Gasteiger partial charge in [0.1, 0.15) is 5.78 Å². The standard InChI is InChI=1S/C23H36O3/c1-5-15-7-9-19-18-8-6-16-12-17(25)10-11-22(16,3)21(18)20(26-4)13-23(15,19)14(2)24/h5,15-21,25H,1,6-13H2,2-4H3/t15-,16-,17+,18-,19-,20-,21+,22-,23-/m0/s1. The first-order chi connectivity index (χ1) is 12.4. The molecular formula is C23H36O3. The fourth-order valence-electron chi connectivity index (χ4n) is 8.23. The smallest absolute Gasteiger partial charge is 0.136 e. The van der Waals surface area contributed by atoms with E-state index >= 15 is 0 Å². The number of aliphatic hydroxyl groups is 1. The molecule has 0 spiro atoms. The van der Waals surface area contributed by atoms with Gasteiger partial charge in [0.15, 0.2) is 0 Å². The first kappa shape index (κ1) is 18.7. The summed E-state index contributed by atoms with van der Waals surface area (Å²) in [4.78, 5) is 13.0. The summed E-state index contributed by atoms with van der Waals surface area (Å²) in [5.41, 5.74) is -0.000983. The molecule has 0 saturated heterocycles. The van der Waals surface area contributed by atoms with E-state index in [1.165, 1.54) is 12.8 Å². The molecule has 4 rings (SSSR count). The maximum atomic E-state index is 13.0. The maximum Gasteiger partial charge on any atom is 0.136 e. The molecule has 4 aliphatic rings. The molecule has 0 aromatic carbocycles. The molecule has 4 aliphatic carbocycles. The number of rotatable bonds is 3. The third-order valence-electron chi connectivity index (χ3n) is 9.39. The number of aliphatic hydroxyl groups excluding tert-OH is 1. The molecule has 3 nitrogen and oxygen atoms in total. The highest BCUT2D eigenvalue weighted by molar-refractivity contribution is 5.84. The Kier molecular flexibility index (Phi) is 4.63. The molecule has 9 atom stereocenters. The normalized spacial score (nSPS) is 53.3. The molecule has 0 radical (unpaired) electrons. The summed E-state index contributed by atoms with van der Waals surface area (Å²) in [6, 6.07) is 0. The zero-order valence-electron chi connectivity index (χ0n) is 16.7. The van der Waals surface area contributed by atoms with Crippen molar-refractivity contribution in [1.82, 2.24) is 0 Å². The van der Waals surface area contributed by atoms with Crippen LogP contribution < -0.4 is 0 Å². The van der Waals surface area contributed by atoms with Crippen molar-refractivity contribution in [3.63, 3.8) is 0 Å². The molecule has 0 unspecified atom stereocenters. The Hall–Kier alpha value is -0.670. The lowest BCUT2D eigenvalue weighted by Crippen LogP contribution is -2.61. The average Bonchev–Trinajstić information content (AvgIpc) is 3.01. The number of ketones is 1. The number of ether oxygens (including phenoxy) is 1. The maximum absolute atomic E-state index is 13.0. The molecule has 26 heavy (non-hydrogen) atoms. The highest BCUT2D eigenvalue weighted by atomic mass is 16.5. The topological polar surface area (TPSA) is 46.5 Å². The molecule has 0 aliphatic heterocycles. The number of allylic oxidation sites excluding steroid dienone is 1. The Labute approximate surface area is 158 Å². The van der Waals surface area contributed by atoms with E-state index in [0.29, 0.717) is 35.4 Å². The van der Waals surface area contributed by atoms with Crippen molar-refractivity contribution in [2.24, 2.45) is 40.4 Å². The molecule has 146 valence electrons. The van der Waals surface area contributed by atoms with Crippen LogP contribution in [0, 0.1) is 40.4 Å². The van der Waals surface area contributed by atoms with E-state index < -0.39 is 0 Å². The van der Waals surface area contributed by atoms with Crippen LogP contribution in [0.15, 0.2) is 12.7 Å². The minimum atomic E-state index is -0.249. The van der Waals surface area contributed by atoms with Crippen molar-refractivity contribution in [3.05, 3.63) is 12.7 Å². The molecule has 1 N–H and O–H groups in total. The molecule has 0 amide bonds. The zero-order valence-corrected chi connectivity index (χ0v) is 16.7. The molecule has 0 aromatic rings. The van der Waals surface area contributed by atoms with Gasteiger partial charge in [0.2, 0.25) is 0 Å². The Balaban J connectivity index is 1.75. The van der Waals surface area contributed by atoms with Gasteiger partial charge in [0.05, 0.1) is 12.2 Å². The Bertz CT molecular complexity index is 586. The first-order valence-corrected chi connectivity index (χ1v) is 10.7. The quantitative estimate of drug-likeness (QED) is 0.760. The van der Waals surface area contributed by atoms with Gasteiger partial charge < -0.3 is 9.84 Å². The highest BCUT2D eigenvalue weighted by Crippen LogP contribution is 2.68. The number of methoxy groups -OCH3 is 1. The number of carbonyl (C=O) groups excluding carboxylic acids is 1. The van der Waals surface area contributed by atoms with E-state index in [0.717, 1.165) is 38.5 Å². The molecule has 4 saturated carbocycles. The van der Waals surface area contributed by atoms with Crippen molar-refractivity contribution in [2.75, 3.05) is 7.11 Å². The monoisotopic (exact) mass is 360 g/mol. The summed E-state index contributed by atoms with van der Waals surface area (Å²) in [6.07, 6.45) is 10.6. The van der Waals surface area contributed by atoms with Gasteiger partial charge in [-0.1, -0.05) is 13.0 Å². The first-order valence-electron chi connectivity index (χ1n) is 10.7. The van der Waals surface area contributed by atoms with Crippen molar-refractivity contribution < 1.29 is 14.6 Å². The molecule has 3 heteroatoms. The number of hydrogen-bond donors (Lipinski definition) is 1. The number of fused-ring (bicyclic) bond motifs is 5. The third kappa shape index (κ3) is 2.35.